The van der Waals surface area contributed by atoms with Gasteiger partial charge in [0.1, 0.15) is 0 Å². The van der Waals surface area contributed by atoms with Crippen molar-refractivity contribution >= 4 is 12.2 Å². The zero-order valence-corrected chi connectivity index (χ0v) is 12.7. The highest BCUT2D eigenvalue weighted by Crippen LogP contribution is 2.30. The number of carbonyl (C=O) groups excluding carboxylic acids is 1. The van der Waals surface area contributed by atoms with Crippen LogP contribution in [0, 0.1) is 0 Å². The van der Waals surface area contributed by atoms with E-state index in [1.54, 1.807) is 19.1 Å². The number of benzene rings is 1. The van der Waals surface area contributed by atoms with Crippen molar-refractivity contribution in [1.82, 2.24) is 4.90 Å². The fourth-order valence-corrected chi connectivity index (χ4v) is 2.39. The van der Waals surface area contributed by atoms with Crippen LogP contribution in [0.5, 0.6) is 11.5 Å². The maximum Gasteiger partial charge on any atom is 0.414 e. The van der Waals surface area contributed by atoms with Gasteiger partial charge >= 0.3 is 6.09 Å². The SMILES string of the molecule is CCOC(=O)N1CCC/C1=C\c1ccc(OC)c(OC)c1. The van der Waals surface area contributed by atoms with E-state index in [4.69, 9.17) is 14.2 Å². The molecule has 21 heavy (non-hydrogen) atoms. The lowest BCUT2D eigenvalue weighted by atomic mass is 10.1. The Labute approximate surface area is 125 Å². The van der Waals surface area contributed by atoms with Crippen LogP contribution in [-0.2, 0) is 4.74 Å². The lowest BCUT2D eigenvalue weighted by Gasteiger charge is -2.17. The molecule has 0 N–H and O–H groups in total. The second kappa shape index (κ2) is 7.02. The molecule has 0 bridgehead atoms. The lowest BCUT2D eigenvalue weighted by molar-refractivity contribution is 0.123. The summed E-state index contributed by atoms with van der Waals surface area (Å²) in [7, 11) is 3.21. The largest absolute Gasteiger partial charge is 0.493 e. The molecule has 5 nitrogen and oxygen atoms in total. The van der Waals surface area contributed by atoms with E-state index in [0.717, 1.165) is 24.1 Å². The van der Waals surface area contributed by atoms with Gasteiger partial charge in [0.2, 0.25) is 0 Å². The van der Waals surface area contributed by atoms with Gasteiger partial charge in [-0.25, -0.2) is 4.79 Å². The second-order valence-corrected chi connectivity index (χ2v) is 4.70. The summed E-state index contributed by atoms with van der Waals surface area (Å²) in [6.07, 6.45) is 3.54. The molecular formula is C16H21NO4. The molecule has 114 valence electrons. The molecule has 2 rings (SSSR count). The molecule has 0 spiro atoms. The zero-order valence-electron chi connectivity index (χ0n) is 12.7. The Bertz CT molecular complexity index is 539. The summed E-state index contributed by atoms with van der Waals surface area (Å²) in [4.78, 5) is 13.6. The summed E-state index contributed by atoms with van der Waals surface area (Å²) >= 11 is 0. The predicted octanol–water partition coefficient (Wildman–Crippen LogP) is 3.30. The van der Waals surface area contributed by atoms with E-state index in [0.29, 0.717) is 24.7 Å². The number of ether oxygens (including phenoxy) is 3. The molecular weight excluding hydrogens is 270 g/mol. The van der Waals surface area contributed by atoms with Crippen molar-refractivity contribution in [3.63, 3.8) is 0 Å². The fourth-order valence-electron chi connectivity index (χ4n) is 2.39. The second-order valence-electron chi connectivity index (χ2n) is 4.70. The van der Waals surface area contributed by atoms with Gasteiger partial charge in [0.15, 0.2) is 11.5 Å². The third-order valence-corrected chi connectivity index (χ3v) is 3.39. The third kappa shape index (κ3) is 3.48. The first-order chi connectivity index (χ1) is 10.2. The average molecular weight is 291 g/mol. The van der Waals surface area contributed by atoms with Gasteiger partial charge in [0, 0.05) is 12.2 Å². The van der Waals surface area contributed by atoms with Gasteiger partial charge in [-0.05, 0) is 43.5 Å². The number of amides is 1. The van der Waals surface area contributed by atoms with Gasteiger partial charge < -0.3 is 14.2 Å². The molecule has 1 amide bonds. The van der Waals surface area contributed by atoms with Crippen molar-refractivity contribution in [3.05, 3.63) is 29.5 Å². The maximum atomic E-state index is 11.9. The first-order valence-electron chi connectivity index (χ1n) is 7.06. The summed E-state index contributed by atoms with van der Waals surface area (Å²) in [5.41, 5.74) is 1.94. The summed E-state index contributed by atoms with van der Waals surface area (Å²) in [6, 6.07) is 5.69. The highest BCUT2D eigenvalue weighted by atomic mass is 16.6. The highest BCUT2D eigenvalue weighted by Gasteiger charge is 2.24. The number of carbonyl (C=O) groups is 1. The van der Waals surface area contributed by atoms with Crippen LogP contribution in [0.1, 0.15) is 25.3 Å². The van der Waals surface area contributed by atoms with Crippen LogP contribution in [0.4, 0.5) is 4.79 Å². The first kappa shape index (κ1) is 15.2. The van der Waals surface area contributed by atoms with Crippen LogP contribution in [0.3, 0.4) is 0 Å². The van der Waals surface area contributed by atoms with Gasteiger partial charge in [0.05, 0.1) is 20.8 Å². The predicted molar refractivity (Wildman–Crippen MR) is 80.5 cm³/mol. The van der Waals surface area contributed by atoms with Crippen molar-refractivity contribution in [2.75, 3.05) is 27.4 Å². The summed E-state index contributed by atoms with van der Waals surface area (Å²) in [5.74, 6) is 1.36. The minimum absolute atomic E-state index is 0.276. The molecule has 0 aliphatic carbocycles. The summed E-state index contributed by atoms with van der Waals surface area (Å²) in [6.45, 7) is 2.91. The number of nitrogens with zero attached hydrogens (tertiary/aromatic N) is 1. The average Bonchev–Trinajstić information content (AvgIpc) is 2.95. The smallest absolute Gasteiger partial charge is 0.414 e. The van der Waals surface area contributed by atoms with Gasteiger partial charge in [-0.15, -0.1) is 0 Å². The number of hydrogen-bond donors (Lipinski definition) is 0. The van der Waals surface area contributed by atoms with E-state index in [9.17, 15) is 4.79 Å². The third-order valence-electron chi connectivity index (χ3n) is 3.39. The molecule has 1 heterocycles. The van der Waals surface area contributed by atoms with Crippen molar-refractivity contribution in [2.24, 2.45) is 0 Å². The highest BCUT2D eigenvalue weighted by molar-refractivity contribution is 5.73. The topological polar surface area (TPSA) is 48.0 Å². The van der Waals surface area contributed by atoms with Crippen molar-refractivity contribution in [1.29, 1.82) is 0 Å². The van der Waals surface area contributed by atoms with Crippen LogP contribution < -0.4 is 9.47 Å². The number of hydrogen-bond acceptors (Lipinski definition) is 4. The minimum atomic E-state index is -0.276. The molecule has 0 atom stereocenters. The Kier molecular flexibility index (Phi) is 5.09. The van der Waals surface area contributed by atoms with E-state index < -0.39 is 0 Å². The van der Waals surface area contributed by atoms with Gasteiger partial charge in [-0.3, -0.25) is 4.90 Å². The monoisotopic (exact) mass is 291 g/mol. The Morgan fingerprint density at radius 1 is 1.29 bits per heavy atom. The summed E-state index contributed by atoms with van der Waals surface area (Å²) in [5, 5.41) is 0. The quantitative estimate of drug-likeness (QED) is 0.854. The fraction of sp³-hybridized carbons (Fsp3) is 0.438. The molecule has 0 radical (unpaired) electrons. The number of methoxy groups -OCH3 is 2. The Morgan fingerprint density at radius 3 is 2.71 bits per heavy atom. The van der Waals surface area contributed by atoms with Crippen LogP contribution in [0.2, 0.25) is 0 Å². The van der Waals surface area contributed by atoms with E-state index >= 15 is 0 Å². The Balaban J connectivity index is 2.23. The van der Waals surface area contributed by atoms with E-state index in [1.807, 2.05) is 31.2 Å². The number of rotatable bonds is 4. The lowest BCUT2D eigenvalue weighted by Crippen LogP contribution is -2.27. The molecule has 1 aliphatic heterocycles. The molecule has 0 saturated carbocycles. The summed E-state index contributed by atoms with van der Waals surface area (Å²) < 4.78 is 15.6. The van der Waals surface area contributed by atoms with E-state index in [-0.39, 0.29) is 6.09 Å². The molecule has 0 aromatic heterocycles. The molecule has 1 aromatic carbocycles. The molecule has 0 unspecified atom stereocenters. The van der Waals surface area contributed by atoms with Gasteiger partial charge in [0.25, 0.3) is 0 Å². The number of allylic oxidation sites excluding steroid dienone is 1. The zero-order chi connectivity index (χ0) is 15.2. The van der Waals surface area contributed by atoms with Crippen LogP contribution in [0.15, 0.2) is 23.9 Å². The van der Waals surface area contributed by atoms with Crippen LogP contribution in [0.25, 0.3) is 6.08 Å². The Hall–Kier alpha value is -2.17. The van der Waals surface area contributed by atoms with E-state index in [1.165, 1.54) is 0 Å². The van der Waals surface area contributed by atoms with Crippen LogP contribution >= 0.6 is 0 Å². The first-order valence-corrected chi connectivity index (χ1v) is 7.06. The van der Waals surface area contributed by atoms with Crippen LogP contribution in [-0.4, -0.2) is 38.4 Å². The molecule has 1 saturated heterocycles. The minimum Gasteiger partial charge on any atom is -0.493 e. The van der Waals surface area contributed by atoms with Crippen molar-refractivity contribution in [3.8, 4) is 11.5 Å². The van der Waals surface area contributed by atoms with Crippen molar-refractivity contribution in [2.45, 2.75) is 19.8 Å². The molecule has 1 fully saturated rings. The van der Waals surface area contributed by atoms with E-state index in [2.05, 4.69) is 0 Å². The molecule has 5 heteroatoms. The standard InChI is InChI=1S/C16H21NO4/c1-4-21-16(18)17-9-5-6-13(17)10-12-7-8-14(19-2)15(11-12)20-3/h7-8,10-11H,4-6,9H2,1-3H3/b13-10+. The Morgan fingerprint density at radius 2 is 2.05 bits per heavy atom. The normalized spacial score (nSPS) is 16.1. The maximum absolute atomic E-state index is 11.9. The van der Waals surface area contributed by atoms with Gasteiger partial charge in [-0.1, -0.05) is 6.07 Å². The van der Waals surface area contributed by atoms with Crippen molar-refractivity contribution < 1.29 is 19.0 Å². The molecule has 1 aromatic rings. The van der Waals surface area contributed by atoms with Gasteiger partial charge in [-0.2, -0.15) is 0 Å². The molecule has 1 aliphatic rings. The number of likely N-dealkylation sites (tertiary alicyclic amines) is 1.